The van der Waals surface area contributed by atoms with Crippen LogP contribution >= 0.6 is 0 Å². The number of aromatic nitrogens is 7. The quantitative estimate of drug-likeness (QED) is 0.315. The lowest BCUT2D eigenvalue weighted by atomic mass is 10.1. The second kappa shape index (κ2) is 9.82. The first-order valence-corrected chi connectivity index (χ1v) is 12.8. The van der Waals surface area contributed by atoms with Crippen molar-refractivity contribution in [2.75, 3.05) is 43.4 Å². The van der Waals surface area contributed by atoms with Crippen LogP contribution in [0.5, 0.6) is 0 Å². The lowest BCUT2D eigenvalue weighted by Gasteiger charge is -2.33. The lowest BCUT2D eigenvalue weighted by molar-refractivity contribution is -0.116. The highest BCUT2D eigenvalue weighted by Gasteiger charge is 2.21. The predicted octanol–water partition coefficient (Wildman–Crippen LogP) is 3.69. The third kappa shape index (κ3) is 4.68. The van der Waals surface area contributed by atoms with Gasteiger partial charge in [-0.2, -0.15) is 5.10 Å². The van der Waals surface area contributed by atoms with E-state index in [2.05, 4.69) is 52.3 Å². The molecule has 5 aromatic heterocycles. The fourth-order valence-electron chi connectivity index (χ4n) is 4.80. The van der Waals surface area contributed by atoms with Crippen LogP contribution in [0.3, 0.4) is 0 Å². The number of likely N-dealkylation sites (N-methyl/N-ethyl adjacent to an activating group) is 1. The molecule has 1 amide bonds. The average Bonchev–Trinajstić information content (AvgIpc) is 3.52. The van der Waals surface area contributed by atoms with Crippen LogP contribution in [0, 0.1) is 5.92 Å². The van der Waals surface area contributed by atoms with Gasteiger partial charge in [-0.15, -0.1) is 0 Å². The molecule has 11 heteroatoms. The Hall–Kier alpha value is -4.38. The summed E-state index contributed by atoms with van der Waals surface area (Å²) in [6.07, 6.45) is 9.33. The van der Waals surface area contributed by atoms with E-state index in [1.165, 1.54) is 0 Å². The summed E-state index contributed by atoms with van der Waals surface area (Å²) in [5.74, 6) is 0.908. The number of hydrogen-bond donors (Lipinski definition) is 3. The Bertz CT molecular complexity index is 1610. The molecule has 6 rings (SSSR count). The van der Waals surface area contributed by atoms with Crippen LogP contribution < -0.4 is 10.2 Å². The van der Waals surface area contributed by atoms with Crippen molar-refractivity contribution in [3.63, 3.8) is 0 Å². The van der Waals surface area contributed by atoms with Crippen molar-refractivity contribution in [2.24, 2.45) is 5.92 Å². The van der Waals surface area contributed by atoms with Crippen molar-refractivity contribution in [1.29, 1.82) is 0 Å². The first-order chi connectivity index (χ1) is 18.4. The number of piperazine rings is 1. The Labute approximate surface area is 219 Å². The van der Waals surface area contributed by atoms with Crippen LogP contribution in [0.1, 0.15) is 20.3 Å². The van der Waals surface area contributed by atoms with Gasteiger partial charge in [0.1, 0.15) is 11.2 Å². The molecule has 1 fully saturated rings. The molecule has 3 N–H and O–H groups in total. The normalized spacial score (nSPS) is 14.6. The summed E-state index contributed by atoms with van der Waals surface area (Å²) >= 11 is 0. The molecular weight excluding hydrogens is 480 g/mol. The summed E-state index contributed by atoms with van der Waals surface area (Å²) in [6.45, 7) is 7.91. The Morgan fingerprint density at radius 2 is 1.82 bits per heavy atom. The number of nitrogens with zero attached hydrogens (tertiary/aromatic N) is 7. The van der Waals surface area contributed by atoms with E-state index in [0.29, 0.717) is 29.3 Å². The number of aromatic amines is 2. The molecular formula is C27H30N10O. The number of hydrogen-bond acceptors (Lipinski definition) is 8. The van der Waals surface area contributed by atoms with E-state index in [4.69, 9.17) is 4.98 Å². The zero-order valence-electron chi connectivity index (χ0n) is 21.7. The van der Waals surface area contributed by atoms with Gasteiger partial charge in [-0.3, -0.25) is 19.9 Å². The molecule has 0 unspecified atom stereocenters. The second-order valence-electron chi connectivity index (χ2n) is 10.2. The molecule has 1 aliphatic rings. The number of nitrogens with one attached hydrogen (secondary N) is 3. The molecule has 1 saturated heterocycles. The first kappa shape index (κ1) is 24.0. The van der Waals surface area contributed by atoms with Gasteiger partial charge in [0.05, 0.1) is 40.9 Å². The smallest absolute Gasteiger partial charge is 0.224 e. The van der Waals surface area contributed by atoms with Crippen molar-refractivity contribution in [3.05, 3.63) is 43.1 Å². The van der Waals surface area contributed by atoms with E-state index in [-0.39, 0.29) is 11.8 Å². The lowest BCUT2D eigenvalue weighted by Crippen LogP contribution is -2.44. The number of amides is 1. The van der Waals surface area contributed by atoms with Gasteiger partial charge in [-0.1, -0.05) is 13.8 Å². The first-order valence-electron chi connectivity index (χ1n) is 12.8. The summed E-state index contributed by atoms with van der Waals surface area (Å²) in [4.78, 5) is 38.6. The van der Waals surface area contributed by atoms with Crippen LogP contribution in [-0.2, 0) is 4.79 Å². The van der Waals surface area contributed by atoms with Gasteiger partial charge in [0.2, 0.25) is 5.91 Å². The Morgan fingerprint density at radius 3 is 2.63 bits per heavy atom. The number of pyridine rings is 3. The van der Waals surface area contributed by atoms with Crippen LogP contribution in [0.2, 0.25) is 0 Å². The Kier molecular flexibility index (Phi) is 6.20. The van der Waals surface area contributed by atoms with Crippen LogP contribution in [0.25, 0.3) is 44.7 Å². The fraction of sp³-hybridized carbons (Fsp3) is 0.333. The van der Waals surface area contributed by atoms with Crippen molar-refractivity contribution in [1.82, 2.24) is 40.0 Å². The number of H-pyrrole nitrogens is 2. The Balaban J connectivity index is 1.34. The average molecular weight is 511 g/mol. The minimum Gasteiger partial charge on any atom is -0.366 e. The topological polar surface area (TPSA) is 132 Å². The molecule has 1 aliphatic heterocycles. The number of rotatable bonds is 6. The van der Waals surface area contributed by atoms with Crippen molar-refractivity contribution in [3.8, 4) is 22.6 Å². The monoisotopic (exact) mass is 510 g/mol. The van der Waals surface area contributed by atoms with Gasteiger partial charge in [0.25, 0.3) is 0 Å². The third-order valence-corrected chi connectivity index (χ3v) is 6.81. The van der Waals surface area contributed by atoms with Crippen LogP contribution in [0.4, 0.5) is 11.4 Å². The molecule has 0 bridgehead atoms. The number of carbonyl (C=O) groups is 1. The van der Waals surface area contributed by atoms with Gasteiger partial charge in [0, 0.05) is 56.1 Å². The highest BCUT2D eigenvalue weighted by atomic mass is 16.1. The molecule has 5 aromatic rings. The van der Waals surface area contributed by atoms with Gasteiger partial charge in [0.15, 0.2) is 11.5 Å². The molecule has 0 spiro atoms. The maximum atomic E-state index is 12.2. The molecule has 0 aliphatic carbocycles. The zero-order valence-corrected chi connectivity index (χ0v) is 21.7. The standard InChI is InChI=1S/C27H30N10O/c1-16(2)8-23(38)31-19-9-17(11-28-13-19)18-10-20-24(34-35-26(20)30-12-18)27-32-21-14-29-15-22(25(21)33-27)37-6-4-36(3)5-7-37/h9-16H,4-8H2,1-3H3,(H,31,38)(H,32,33)(H,30,34,35). The number of anilines is 2. The van der Waals surface area contributed by atoms with Gasteiger partial charge in [-0.05, 0) is 25.1 Å². The second-order valence-corrected chi connectivity index (χ2v) is 10.2. The third-order valence-electron chi connectivity index (χ3n) is 6.81. The fourth-order valence-corrected chi connectivity index (χ4v) is 4.80. The van der Waals surface area contributed by atoms with E-state index >= 15 is 0 Å². The molecule has 0 saturated carbocycles. The maximum absolute atomic E-state index is 12.2. The molecule has 0 radical (unpaired) electrons. The minimum atomic E-state index is -0.0278. The summed E-state index contributed by atoms with van der Waals surface area (Å²) < 4.78 is 0. The minimum absolute atomic E-state index is 0.0278. The van der Waals surface area contributed by atoms with E-state index in [1.807, 2.05) is 32.2 Å². The Morgan fingerprint density at radius 1 is 1.03 bits per heavy atom. The summed E-state index contributed by atoms with van der Waals surface area (Å²) in [5.41, 5.74) is 6.49. The van der Waals surface area contributed by atoms with Gasteiger partial charge in [-0.25, -0.2) is 9.97 Å². The summed E-state index contributed by atoms with van der Waals surface area (Å²) in [6, 6.07) is 3.92. The SMILES string of the molecule is CC(C)CC(=O)Nc1cncc(-c2cnc3[nH]nc(-c4nc5c(N6CCN(C)CC6)cncc5[nH]4)c3c2)c1. The molecule has 38 heavy (non-hydrogen) atoms. The van der Waals surface area contributed by atoms with Crippen LogP contribution in [0.15, 0.2) is 43.1 Å². The number of carbonyl (C=O) groups excluding carboxylic acids is 1. The van der Waals surface area contributed by atoms with Crippen molar-refractivity contribution in [2.45, 2.75) is 20.3 Å². The number of fused-ring (bicyclic) bond motifs is 2. The van der Waals surface area contributed by atoms with E-state index in [0.717, 1.165) is 59.4 Å². The molecule has 0 atom stereocenters. The van der Waals surface area contributed by atoms with Gasteiger partial charge >= 0.3 is 0 Å². The number of imidazole rings is 1. The zero-order chi connectivity index (χ0) is 26.2. The molecule has 0 aromatic carbocycles. The van der Waals surface area contributed by atoms with Crippen LogP contribution in [-0.4, -0.2) is 79.2 Å². The van der Waals surface area contributed by atoms with E-state index in [9.17, 15) is 4.79 Å². The highest BCUT2D eigenvalue weighted by Crippen LogP contribution is 2.32. The largest absolute Gasteiger partial charge is 0.366 e. The van der Waals surface area contributed by atoms with E-state index in [1.54, 1.807) is 24.8 Å². The summed E-state index contributed by atoms with van der Waals surface area (Å²) in [5, 5.41) is 11.3. The summed E-state index contributed by atoms with van der Waals surface area (Å²) in [7, 11) is 2.14. The van der Waals surface area contributed by atoms with Gasteiger partial charge < -0.3 is 20.1 Å². The molecule has 6 heterocycles. The van der Waals surface area contributed by atoms with Crippen molar-refractivity contribution < 1.29 is 4.79 Å². The molecule has 11 nitrogen and oxygen atoms in total. The maximum Gasteiger partial charge on any atom is 0.224 e. The van der Waals surface area contributed by atoms with E-state index < -0.39 is 0 Å². The highest BCUT2D eigenvalue weighted by molar-refractivity contribution is 5.96. The van der Waals surface area contributed by atoms with Crippen molar-refractivity contribution >= 4 is 39.3 Å². The predicted molar refractivity (Wildman–Crippen MR) is 148 cm³/mol. The molecule has 194 valence electrons.